The molecular formula is C20H23Br2N3O4S. The van der Waals surface area contributed by atoms with Gasteiger partial charge in [-0.25, -0.2) is 13.8 Å². The highest BCUT2D eigenvalue weighted by Gasteiger charge is 2.28. The molecule has 1 amide bonds. The predicted molar refractivity (Wildman–Crippen MR) is 124 cm³/mol. The van der Waals surface area contributed by atoms with Crippen molar-refractivity contribution in [2.75, 3.05) is 7.11 Å². The van der Waals surface area contributed by atoms with Crippen LogP contribution in [0, 0.1) is 12.8 Å². The third-order valence-corrected chi connectivity index (χ3v) is 6.81. The van der Waals surface area contributed by atoms with E-state index in [1.165, 1.54) is 18.3 Å². The smallest absolute Gasteiger partial charge is 0.258 e. The number of nitrogens with zero attached hydrogens (tertiary/aromatic N) is 1. The van der Waals surface area contributed by atoms with Gasteiger partial charge in [-0.2, -0.15) is 9.82 Å². The highest BCUT2D eigenvalue weighted by molar-refractivity contribution is 9.11. The quantitative estimate of drug-likeness (QED) is 0.377. The number of hydrogen-bond donors (Lipinski definition) is 2. The summed E-state index contributed by atoms with van der Waals surface area (Å²) in [6.07, 6.45) is 1.46. The molecule has 2 aromatic rings. The fourth-order valence-electron chi connectivity index (χ4n) is 2.53. The van der Waals surface area contributed by atoms with Gasteiger partial charge in [0.2, 0.25) is 10.0 Å². The maximum Gasteiger partial charge on any atom is 0.258 e. The molecule has 30 heavy (non-hydrogen) atoms. The zero-order valence-corrected chi connectivity index (χ0v) is 20.9. The monoisotopic (exact) mass is 559 g/mol. The van der Waals surface area contributed by atoms with Crippen LogP contribution < -0.4 is 14.9 Å². The van der Waals surface area contributed by atoms with Crippen molar-refractivity contribution in [3.05, 3.63) is 56.5 Å². The van der Waals surface area contributed by atoms with Crippen LogP contribution in [0.25, 0.3) is 0 Å². The third kappa shape index (κ3) is 6.37. The first-order valence-corrected chi connectivity index (χ1v) is 12.1. The largest absolute Gasteiger partial charge is 0.494 e. The molecule has 1 atom stereocenters. The molecule has 0 unspecified atom stereocenters. The fraction of sp³-hybridized carbons (Fsp3) is 0.300. The number of carbonyl (C=O) groups excluding carboxylic acids is 1. The zero-order valence-electron chi connectivity index (χ0n) is 16.9. The minimum Gasteiger partial charge on any atom is -0.494 e. The second-order valence-corrected chi connectivity index (χ2v) is 10.3. The molecule has 0 aliphatic carbocycles. The minimum atomic E-state index is -3.85. The Morgan fingerprint density at radius 2 is 1.70 bits per heavy atom. The molecular weight excluding hydrogens is 538 g/mol. The number of rotatable bonds is 8. The Bertz CT molecular complexity index is 1020. The molecule has 2 aromatic carbocycles. The Morgan fingerprint density at radius 1 is 1.13 bits per heavy atom. The molecule has 0 spiro atoms. The molecule has 0 radical (unpaired) electrons. The number of hydrazone groups is 1. The lowest BCUT2D eigenvalue weighted by Crippen LogP contribution is -2.48. The molecule has 2 rings (SSSR count). The molecule has 10 heteroatoms. The van der Waals surface area contributed by atoms with Crippen molar-refractivity contribution in [3.63, 3.8) is 0 Å². The molecule has 0 saturated heterocycles. The van der Waals surface area contributed by atoms with E-state index in [9.17, 15) is 13.2 Å². The molecule has 0 bridgehead atoms. The summed E-state index contributed by atoms with van der Waals surface area (Å²) in [5.41, 5.74) is 4.05. The van der Waals surface area contributed by atoms with Crippen LogP contribution in [-0.2, 0) is 14.8 Å². The highest BCUT2D eigenvalue weighted by atomic mass is 79.9. The molecule has 7 nitrogen and oxygen atoms in total. The van der Waals surface area contributed by atoms with E-state index in [1.54, 1.807) is 45.2 Å². The number of carbonyl (C=O) groups is 1. The molecule has 0 aliphatic rings. The zero-order chi connectivity index (χ0) is 22.5. The van der Waals surface area contributed by atoms with Gasteiger partial charge in [-0.1, -0.05) is 31.5 Å². The molecule has 0 aliphatic heterocycles. The van der Waals surface area contributed by atoms with Crippen LogP contribution in [0.3, 0.4) is 0 Å². The Kier molecular flexibility index (Phi) is 8.60. The summed E-state index contributed by atoms with van der Waals surface area (Å²) < 4.78 is 34.4. The van der Waals surface area contributed by atoms with Gasteiger partial charge in [0.25, 0.3) is 5.91 Å². The summed E-state index contributed by atoms with van der Waals surface area (Å²) in [5.74, 6) is -0.199. The molecule has 0 aromatic heterocycles. The van der Waals surface area contributed by atoms with Gasteiger partial charge in [-0.05, 0) is 74.5 Å². The van der Waals surface area contributed by atoms with Crippen molar-refractivity contribution in [2.45, 2.75) is 31.7 Å². The summed E-state index contributed by atoms with van der Waals surface area (Å²) >= 11 is 6.80. The molecule has 0 fully saturated rings. The van der Waals surface area contributed by atoms with E-state index in [1.807, 2.05) is 6.92 Å². The van der Waals surface area contributed by atoms with Gasteiger partial charge in [0.05, 0.1) is 27.2 Å². The standard InChI is InChI=1S/C20H23Br2N3O4S/c1-12(2)18(25-30(27,28)15-7-5-13(3)6-8-15)20(26)24-23-11-14-9-16(21)19(29-4)17(22)10-14/h5-12,18,25H,1-4H3,(H,24,26)/b23-11-/t18-/m1/s1. The topological polar surface area (TPSA) is 96.9 Å². The van der Waals surface area contributed by atoms with Gasteiger partial charge >= 0.3 is 0 Å². The Hall–Kier alpha value is -1.75. The van der Waals surface area contributed by atoms with Crippen molar-refractivity contribution in [1.82, 2.24) is 10.1 Å². The number of amides is 1. The van der Waals surface area contributed by atoms with E-state index < -0.39 is 22.0 Å². The first-order chi connectivity index (χ1) is 14.0. The van der Waals surface area contributed by atoms with E-state index in [4.69, 9.17) is 4.74 Å². The molecule has 0 saturated carbocycles. The third-order valence-electron chi connectivity index (χ3n) is 4.18. The number of sulfonamides is 1. The lowest BCUT2D eigenvalue weighted by Gasteiger charge is -2.20. The SMILES string of the molecule is COc1c(Br)cc(/C=N\NC(=O)[C@H](NS(=O)(=O)c2ccc(C)cc2)C(C)C)cc1Br. The summed E-state index contributed by atoms with van der Waals surface area (Å²) in [5, 5.41) is 3.96. The Labute approximate surface area is 193 Å². The maximum absolute atomic E-state index is 12.6. The van der Waals surface area contributed by atoms with Gasteiger partial charge in [0.1, 0.15) is 11.8 Å². The van der Waals surface area contributed by atoms with Gasteiger partial charge in [0.15, 0.2) is 0 Å². The van der Waals surface area contributed by atoms with E-state index in [0.717, 1.165) is 14.5 Å². The summed E-state index contributed by atoms with van der Waals surface area (Å²) in [6, 6.07) is 8.99. The lowest BCUT2D eigenvalue weighted by molar-refractivity contribution is -0.123. The van der Waals surface area contributed by atoms with E-state index in [2.05, 4.69) is 47.1 Å². The molecule has 0 heterocycles. The average Bonchev–Trinajstić information content (AvgIpc) is 2.66. The summed E-state index contributed by atoms with van der Waals surface area (Å²) in [4.78, 5) is 12.7. The van der Waals surface area contributed by atoms with Gasteiger partial charge < -0.3 is 4.74 Å². The number of benzene rings is 2. The van der Waals surface area contributed by atoms with Crippen molar-refractivity contribution >= 4 is 54.0 Å². The number of aryl methyl sites for hydroxylation is 1. The predicted octanol–water partition coefficient (Wildman–Crippen LogP) is 3.98. The van der Waals surface area contributed by atoms with Crippen LogP contribution in [0.1, 0.15) is 25.0 Å². The van der Waals surface area contributed by atoms with Crippen LogP contribution in [0.4, 0.5) is 0 Å². The fourth-order valence-corrected chi connectivity index (χ4v) is 5.42. The van der Waals surface area contributed by atoms with Gasteiger partial charge in [-0.3, -0.25) is 4.79 Å². The number of ether oxygens (including phenoxy) is 1. The average molecular weight is 561 g/mol. The van der Waals surface area contributed by atoms with Crippen molar-refractivity contribution in [2.24, 2.45) is 11.0 Å². The molecule has 2 N–H and O–H groups in total. The summed E-state index contributed by atoms with van der Waals surface area (Å²) in [7, 11) is -2.29. The highest BCUT2D eigenvalue weighted by Crippen LogP contribution is 2.33. The van der Waals surface area contributed by atoms with Crippen molar-refractivity contribution < 1.29 is 17.9 Å². The van der Waals surface area contributed by atoms with E-state index >= 15 is 0 Å². The Balaban J connectivity index is 2.12. The number of nitrogens with one attached hydrogen (secondary N) is 2. The van der Waals surface area contributed by atoms with Crippen LogP contribution in [0.15, 0.2) is 55.3 Å². The normalized spacial score (nSPS) is 12.9. The van der Waals surface area contributed by atoms with E-state index in [-0.39, 0.29) is 10.8 Å². The summed E-state index contributed by atoms with van der Waals surface area (Å²) in [6.45, 7) is 5.37. The van der Waals surface area contributed by atoms with Crippen LogP contribution in [-0.4, -0.2) is 33.7 Å². The Morgan fingerprint density at radius 3 is 2.20 bits per heavy atom. The van der Waals surface area contributed by atoms with Crippen LogP contribution >= 0.6 is 31.9 Å². The van der Waals surface area contributed by atoms with Gasteiger partial charge in [-0.15, -0.1) is 0 Å². The second-order valence-electron chi connectivity index (χ2n) is 6.91. The van der Waals surface area contributed by atoms with Crippen molar-refractivity contribution in [3.8, 4) is 5.75 Å². The maximum atomic E-state index is 12.6. The first-order valence-electron chi connectivity index (χ1n) is 9.00. The van der Waals surface area contributed by atoms with Gasteiger partial charge in [0, 0.05) is 0 Å². The minimum absolute atomic E-state index is 0.1000. The number of methoxy groups -OCH3 is 1. The van der Waals surface area contributed by atoms with Crippen molar-refractivity contribution in [1.29, 1.82) is 0 Å². The first kappa shape index (κ1) is 24.5. The second kappa shape index (κ2) is 10.5. The van der Waals surface area contributed by atoms with Crippen LogP contribution in [0.5, 0.6) is 5.75 Å². The van der Waals surface area contributed by atoms with Crippen LogP contribution in [0.2, 0.25) is 0 Å². The number of halogens is 2. The number of hydrogen-bond acceptors (Lipinski definition) is 5. The molecule has 162 valence electrons. The van der Waals surface area contributed by atoms with E-state index in [0.29, 0.717) is 11.3 Å². The lowest BCUT2D eigenvalue weighted by atomic mass is 10.1.